The highest BCUT2D eigenvalue weighted by Crippen LogP contribution is 2.30. The lowest BCUT2D eigenvalue weighted by Gasteiger charge is -2.33. The molecule has 4 N–H and O–H groups in total. The molecule has 1 aliphatic heterocycles. The Morgan fingerprint density at radius 2 is 1.84 bits per heavy atom. The number of imidazole rings is 1. The van der Waals surface area contributed by atoms with Crippen LogP contribution >= 0.6 is 0 Å². The summed E-state index contributed by atoms with van der Waals surface area (Å²) in [5.41, 5.74) is 8.95. The lowest BCUT2D eigenvalue weighted by molar-refractivity contribution is -0.132. The van der Waals surface area contributed by atoms with Crippen molar-refractivity contribution in [2.45, 2.75) is 44.2 Å². The van der Waals surface area contributed by atoms with Gasteiger partial charge in [0.25, 0.3) is 0 Å². The normalized spacial score (nSPS) is 15.7. The Bertz CT molecular complexity index is 1510. The molecule has 1 saturated heterocycles. The lowest BCUT2D eigenvalue weighted by atomic mass is 9.96. The van der Waals surface area contributed by atoms with Crippen LogP contribution in [0.2, 0.25) is 0 Å². The average Bonchev–Trinajstić information content (AvgIpc) is 3.39. The van der Waals surface area contributed by atoms with Crippen molar-refractivity contribution in [3.63, 3.8) is 0 Å². The van der Waals surface area contributed by atoms with E-state index >= 15 is 0 Å². The van der Waals surface area contributed by atoms with Gasteiger partial charge in [-0.05, 0) is 55.7 Å². The molecule has 2 atom stereocenters. The number of anilines is 1. The molecule has 0 unspecified atom stereocenters. The number of aromatic nitrogens is 2. The molecule has 0 aliphatic carbocycles. The minimum Gasteiger partial charge on any atom is -0.457 e. The molecule has 10 heteroatoms. The van der Waals surface area contributed by atoms with Crippen LogP contribution in [0.1, 0.15) is 37.4 Å². The molecule has 10 nitrogen and oxygen atoms in total. The van der Waals surface area contributed by atoms with Crippen molar-refractivity contribution in [2.75, 3.05) is 38.7 Å². The van der Waals surface area contributed by atoms with Gasteiger partial charge in [0.15, 0.2) is 0 Å². The molecule has 0 bridgehead atoms. The highest BCUT2D eigenvalue weighted by Gasteiger charge is 2.29. The first-order valence-corrected chi connectivity index (χ1v) is 14.9. The Kier molecular flexibility index (Phi) is 10.2. The molecule has 1 aromatic heterocycles. The van der Waals surface area contributed by atoms with Crippen molar-refractivity contribution in [1.82, 2.24) is 19.8 Å². The van der Waals surface area contributed by atoms with Gasteiger partial charge < -0.3 is 35.3 Å². The summed E-state index contributed by atoms with van der Waals surface area (Å²) in [6.07, 6.45) is 2.92. The molecule has 1 aliphatic rings. The van der Waals surface area contributed by atoms with Crippen molar-refractivity contribution >= 4 is 28.7 Å². The van der Waals surface area contributed by atoms with E-state index < -0.39 is 12.1 Å². The zero-order chi connectivity index (χ0) is 30.0. The Labute approximate surface area is 252 Å². The van der Waals surface area contributed by atoms with Crippen LogP contribution in [0.25, 0.3) is 11.0 Å². The molecule has 43 heavy (non-hydrogen) atoms. The lowest BCUT2D eigenvalue weighted by Crippen LogP contribution is -2.45. The second-order valence-electron chi connectivity index (χ2n) is 10.9. The molecule has 0 radical (unpaired) electrons. The van der Waals surface area contributed by atoms with Gasteiger partial charge in [-0.2, -0.15) is 0 Å². The Hall–Kier alpha value is -4.41. The first-order chi connectivity index (χ1) is 21.0. The standard InChI is InChI=1S/C33H40N6O4/c1-42-19-9-18-39-30-16-6-5-15-29(30)37-32(39)24-10-8-17-38(23-24)31(40)20-25(34)22-35-33(41)36-26-11-7-14-28(21-26)43-27-12-3-2-4-13-27/h2-7,11-16,21,24-25H,8-10,17-20,22-23,34H2,1H3,(H2,35,36,41)/t24-,25+/m1/s1. The van der Waals surface area contributed by atoms with Gasteiger partial charge in [-0.25, -0.2) is 9.78 Å². The van der Waals surface area contributed by atoms with E-state index in [1.807, 2.05) is 59.5 Å². The van der Waals surface area contributed by atoms with Crippen molar-refractivity contribution in [1.29, 1.82) is 0 Å². The van der Waals surface area contributed by atoms with Crippen LogP contribution in [0.3, 0.4) is 0 Å². The summed E-state index contributed by atoms with van der Waals surface area (Å²) in [6, 6.07) is 23.8. The number of fused-ring (bicyclic) bond motifs is 1. The van der Waals surface area contributed by atoms with E-state index in [0.717, 1.165) is 42.7 Å². The van der Waals surface area contributed by atoms with Gasteiger partial charge in [-0.15, -0.1) is 0 Å². The van der Waals surface area contributed by atoms with E-state index in [9.17, 15) is 9.59 Å². The first-order valence-electron chi connectivity index (χ1n) is 14.9. The number of hydrogen-bond donors (Lipinski definition) is 3. The van der Waals surface area contributed by atoms with Gasteiger partial charge in [-0.3, -0.25) is 4.79 Å². The molecular formula is C33H40N6O4. The van der Waals surface area contributed by atoms with Gasteiger partial charge in [-0.1, -0.05) is 36.4 Å². The number of hydrogen-bond acceptors (Lipinski definition) is 6. The van der Waals surface area contributed by atoms with Gasteiger partial charge in [0.1, 0.15) is 17.3 Å². The molecule has 1 fully saturated rings. The predicted molar refractivity (Wildman–Crippen MR) is 167 cm³/mol. The summed E-state index contributed by atoms with van der Waals surface area (Å²) in [4.78, 5) is 32.6. The maximum absolute atomic E-state index is 13.2. The number of amides is 3. The smallest absolute Gasteiger partial charge is 0.319 e. The third-order valence-electron chi connectivity index (χ3n) is 7.59. The fraction of sp³-hybridized carbons (Fsp3) is 0.364. The number of rotatable bonds is 12. The third kappa shape index (κ3) is 8.12. The van der Waals surface area contributed by atoms with Crippen molar-refractivity contribution in [3.05, 3.63) is 84.7 Å². The highest BCUT2D eigenvalue weighted by molar-refractivity contribution is 5.89. The van der Waals surface area contributed by atoms with Crippen LogP contribution < -0.4 is 21.1 Å². The number of para-hydroxylation sites is 3. The molecule has 226 valence electrons. The molecule has 3 amide bonds. The Morgan fingerprint density at radius 1 is 1.05 bits per heavy atom. The van der Waals surface area contributed by atoms with Crippen LogP contribution in [-0.4, -0.2) is 65.8 Å². The highest BCUT2D eigenvalue weighted by atomic mass is 16.5. The van der Waals surface area contributed by atoms with Gasteiger partial charge in [0.05, 0.1) is 11.0 Å². The number of aryl methyl sites for hydroxylation is 1. The van der Waals surface area contributed by atoms with Crippen molar-refractivity contribution < 1.29 is 19.1 Å². The second kappa shape index (κ2) is 14.7. The largest absolute Gasteiger partial charge is 0.457 e. The number of urea groups is 1. The summed E-state index contributed by atoms with van der Waals surface area (Å²) in [5, 5.41) is 5.58. The number of piperidine rings is 1. The number of carbonyl (C=O) groups excluding carboxylic acids is 2. The Morgan fingerprint density at radius 3 is 2.67 bits per heavy atom. The number of likely N-dealkylation sites (tertiary alicyclic amines) is 1. The van der Waals surface area contributed by atoms with Gasteiger partial charge in [0, 0.05) is 70.0 Å². The van der Waals surface area contributed by atoms with Gasteiger partial charge in [0.2, 0.25) is 5.91 Å². The summed E-state index contributed by atoms with van der Waals surface area (Å²) < 4.78 is 13.4. The SMILES string of the molecule is COCCCn1c([C@@H]2CCCN(C(=O)C[C@H](N)CNC(=O)Nc3cccc(Oc4ccccc4)c3)C2)nc2ccccc21. The van der Waals surface area contributed by atoms with Gasteiger partial charge >= 0.3 is 6.03 Å². The zero-order valence-electron chi connectivity index (χ0n) is 24.6. The van der Waals surface area contributed by atoms with E-state index in [1.54, 1.807) is 25.3 Å². The summed E-state index contributed by atoms with van der Waals surface area (Å²) in [7, 11) is 1.71. The fourth-order valence-electron chi connectivity index (χ4n) is 5.51. The zero-order valence-corrected chi connectivity index (χ0v) is 24.6. The number of ether oxygens (including phenoxy) is 2. The van der Waals surface area contributed by atoms with Crippen molar-refractivity contribution in [3.8, 4) is 11.5 Å². The van der Waals surface area contributed by atoms with E-state index in [1.165, 1.54) is 0 Å². The number of nitrogens with two attached hydrogens (primary N) is 1. The van der Waals surface area contributed by atoms with E-state index in [0.29, 0.717) is 36.9 Å². The van der Waals surface area contributed by atoms with E-state index in [-0.39, 0.29) is 24.8 Å². The molecule has 0 saturated carbocycles. The van der Waals surface area contributed by atoms with E-state index in [4.69, 9.17) is 20.2 Å². The molecule has 2 heterocycles. The summed E-state index contributed by atoms with van der Waals surface area (Å²) in [6.45, 7) is 2.97. The summed E-state index contributed by atoms with van der Waals surface area (Å²) >= 11 is 0. The quantitative estimate of drug-likeness (QED) is 0.199. The number of carbonyl (C=O) groups is 2. The first kappa shape index (κ1) is 30.1. The van der Waals surface area contributed by atoms with Crippen LogP contribution in [0.4, 0.5) is 10.5 Å². The third-order valence-corrected chi connectivity index (χ3v) is 7.59. The van der Waals surface area contributed by atoms with Crippen LogP contribution in [0.5, 0.6) is 11.5 Å². The minimum atomic E-state index is -0.509. The Balaban J connectivity index is 1.12. The van der Waals surface area contributed by atoms with E-state index in [2.05, 4.69) is 21.3 Å². The minimum absolute atomic E-state index is 0.00721. The van der Waals surface area contributed by atoms with Crippen LogP contribution in [0, 0.1) is 0 Å². The molecule has 4 aromatic rings. The molecule has 3 aromatic carbocycles. The molecule has 5 rings (SSSR count). The number of methoxy groups -OCH3 is 1. The maximum atomic E-state index is 13.2. The number of benzene rings is 3. The predicted octanol–water partition coefficient (Wildman–Crippen LogP) is 5.11. The van der Waals surface area contributed by atoms with Crippen LogP contribution in [-0.2, 0) is 16.1 Å². The maximum Gasteiger partial charge on any atom is 0.319 e. The average molecular weight is 585 g/mol. The van der Waals surface area contributed by atoms with Crippen LogP contribution in [0.15, 0.2) is 78.9 Å². The van der Waals surface area contributed by atoms with Crippen molar-refractivity contribution in [2.24, 2.45) is 5.73 Å². The second-order valence-corrected chi connectivity index (χ2v) is 10.9. The summed E-state index contributed by atoms with van der Waals surface area (Å²) in [5.74, 6) is 2.48. The monoisotopic (exact) mass is 584 g/mol. The molecular weight excluding hydrogens is 544 g/mol. The topological polar surface area (TPSA) is 124 Å². The number of nitrogens with zero attached hydrogens (tertiary/aromatic N) is 3. The number of nitrogens with one attached hydrogen (secondary N) is 2. The fourth-order valence-corrected chi connectivity index (χ4v) is 5.51. The molecule has 0 spiro atoms.